The Balaban J connectivity index is 2.14. The van der Waals surface area contributed by atoms with Crippen LogP contribution in [0.3, 0.4) is 0 Å². The third-order valence-electron chi connectivity index (χ3n) is 3.88. The number of carbonyl (C=O) groups excluding carboxylic acids is 1. The van der Waals surface area contributed by atoms with Crippen LogP contribution in [0.15, 0.2) is 23.1 Å². The fourth-order valence-corrected chi connectivity index (χ4v) is 4.16. The third-order valence-corrected chi connectivity index (χ3v) is 5.80. The summed E-state index contributed by atoms with van der Waals surface area (Å²) in [5.74, 6) is 0.678. The number of methoxy groups -OCH3 is 2. The molecule has 0 unspecified atom stereocenters. The van der Waals surface area contributed by atoms with Gasteiger partial charge in [0.25, 0.3) is 0 Å². The van der Waals surface area contributed by atoms with E-state index in [0.29, 0.717) is 5.75 Å². The van der Waals surface area contributed by atoms with Crippen LogP contribution >= 0.6 is 0 Å². The van der Waals surface area contributed by atoms with Crippen LogP contribution < -0.4 is 9.47 Å². The fraction of sp³-hybridized carbons (Fsp3) is 0.588. The van der Waals surface area contributed by atoms with Crippen LogP contribution in [0.4, 0.5) is 4.79 Å². The zero-order valence-electron chi connectivity index (χ0n) is 15.8. The van der Waals surface area contributed by atoms with Gasteiger partial charge in [-0.2, -0.15) is 4.31 Å². The number of piperazine rings is 1. The van der Waals surface area contributed by atoms with E-state index in [4.69, 9.17) is 14.2 Å². The summed E-state index contributed by atoms with van der Waals surface area (Å²) in [5.41, 5.74) is -0.589. The van der Waals surface area contributed by atoms with Crippen molar-refractivity contribution in [3.05, 3.63) is 18.2 Å². The summed E-state index contributed by atoms with van der Waals surface area (Å²) >= 11 is 0. The van der Waals surface area contributed by atoms with E-state index in [-0.39, 0.29) is 36.8 Å². The Hall–Kier alpha value is -2.00. The lowest BCUT2D eigenvalue weighted by Crippen LogP contribution is -2.51. The number of sulfonamides is 1. The molecular weight excluding hydrogens is 360 g/mol. The average Bonchev–Trinajstić information content (AvgIpc) is 2.59. The number of hydrogen-bond donors (Lipinski definition) is 0. The van der Waals surface area contributed by atoms with Crippen molar-refractivity contribution in [3.8, 4) is 11.5 Å². The molecule has 26 heavy (non-hydrogen) atoms. The SMILES string of the molecule is COc1ccc(OC)c(S(=O)(=O)N2CCN(C(=O)OC(C)(C)C)CC2)c1. The van der Waals surface area contributed by atoms with Crippen LogP contribution in [0.25, 0.3) is 0 Å². The van der Waals surface area contributed by atoms with E-state index >= 15 is 0 Å². The molecule has 0 atom stereocenters. The van der Waals surface area contributed by atoms with Crippen LogP contribution in [0.2, 0.25) is 0 Å². The summed E-state index contributed by atoms with van der Waals surface area (Å²) in [4.78, 5) is 13.7. The molecule has 1 aliphatic rings. The molecular formula is C17H26N2O6S. The van der Waals surface area contributed by atoms with E-state index in [1.165, 1.54) is 29.5 Å². The van der Waals surface area contributed by atoms with Crippen LogP contribution in [-0.2, 0) is 14.8 Å². The number of hydrogen-bond acceptors (Lipinski definition) is 6. The zero-order chi connectivity index (χ0) is 19.5. The summed E-state index contributed by atoms with van der Waals surface area (Å²) in [6.45, 7) is 6.27. The molecule has 8 nitrogen and oxygen atoms in total. The number of benzene rings is 1. The molecule has 9 heteroatoms. The second kappa shape index (κ2) is 7.71. The monoisotopic (exact) mass is 386 g/mol. The van der Waals surface area contributed by atoms with Gasteiger partial charge in [0.1, 0.15) is 22.0 Å². The highest BCUT2D eigenvalue weighted by Crippen LogP contribution is 2.31. The van der Waals surface area contributed by atoms with Crippen molar-refractivity contribution in [3.63, 3.8) is 0 Å². The number of amides is 1. The van der Waals surface area contributed by atoms with Crippen molar-refractivity contribution >= 4 is 16.1 Å². The van der Waals surface area contributed by atoms with Crippen molar-refractivity contribution in [2.24, 2.45) is 0 Å². The first-order valence-electron chi connectivity index (χ1n) is 8.28. The second-order valence-corrected chi connectivity index (χ2v) is 8.79. The number of rotatable bonds is 4. The maximum atomic E-state index is 13.0. The lowest BCUT2D eigenvalue weighted by atomic mass is 10.2. The van der Waals surface area contributed by atoms with Crippen LogP contribution in [0.5, 0.6) is 11.5 Å². The maximum absolute atomic E-state index is 13.0. The zero-order valence-corrected chi connectivity index (χ0v) is 16.6. The van der Waals surface area contributed by atoms with Gasteiger partial charge in [-0.1, -0.05) is 0 Å². The minimum Gasteiger partial charge on any atom is -0.497 e. The molecule has 0 saturated carbocycles. The van der Waals surface area contributed by atoms with E-state index < -0.39 is 21.7 Å². The number of ether oxygens (including phenoxy) is 3. The Morgan fingerprint density at radius 3 is 2.15 bits per heavy atom. The molecule has 0 bridgehead atoms. The smallest absolute Gasteiger partial charge is 0.410 e. The molecule has 1 heterocycles. The second-order valence-electron chi connectivity index (χ2n) is 6.89. The lowest BCUT2D eigenvalue weighted by molar-refractivity contribution is 0.0192. The summed E-state index contributed by atoms with van der Waals surface area (Å²) in [5, 5.41) is 0. The first kappa shape index (κ1) is 20.3. The first-order valence-corrected chi connectivity index (χ1v) is 9.72. The van der Waals surface area contributed by atoms with Gasteiger partial charge >= 0.3 is 6.09 Å². The molecule has 1 fully saturated rings. The van der Waals surface area contributed by atoms with Gasteiger partial charge in [0.05, 0.1) is 14.2 Å². The van der Waals surface area contributed by atoms with Gasteiger partial charge in [0.2, 0.25) is 10.0 Å². The lowest BCUT2D eigenvalue weighted by Gasteiger charge is -2.35. The molecule has 0 radical (unpaired) electrons. The van der Waals surface area contributed by atoms with E-state index in [2.05, 4.69) is 0 Å². The van der Waals surface area contributed by atoms with Crippen molar-refractivity contribution in [1.82, 2.24) is 9.21 Å². The largest absolute Gasteiger partial charge is 0.497 e. The van der Waals surface area contributed by atoms with E-state index in [0.717, 1.165) is 0 Å². The summed E-state index contributed by atoms with van der Waals surface area (Å²) in [6.07, 6.45) is -0.437. The molecule has 1 amide bonds. The molecule has 146 valence electrons. The molecule has 1 saturated heterocycles. The topological polar surface area (TPSA) is 85.4 Å². The molecule has 0 N–H and O–H groups in total. The molecule has 1 aliphatic heterocycles. The van der Waals surface area contributed by atoms with E-state index in [1.807, 2.05) is 0 Å². The maximum Gasteiger partial charge on any atom is 0.410 e. The highest BCUT2D eigenvalue weighted by molar-refractivity contribution is 7.89. The fourth-order valence-electron chi connectivity index (χ4n) is 2.56. The van der Waals surface area contributed by atoms with Gasteiger partial charge in [-0.15, -0.1) is 0 Å². The Morgan fingerprint density at radius 2 is 1.65 bits per heavy atom. The van der Waals surface area contributed by atoms with Crippen molar-refractivity contribution < 1.29 is 27.4 Å². The minimum atomic E-state index is -3.77. The molecule has 1 aromatic rings. The summed E-state index contributed by atoms with van der Waals surface area (Å²) in [6, 6.07) is 4.63. The van der Waals surface area contributed by atoms with Gasteiger partial charge < -0.3 is 19.1 Å². The Labute approximate surface area is 154 Å². The predicted octanol–water partition coefficient (Wildman–Crippen LogP) is 1.95. The molecule has 0 aromatic heterocycles. The first-order chi connectivity index (χ1) is 12.1. The molecule has 0 aliphatic carbocycles. The summed E-state index contributed by atoms with van der Waals surface area (Å²) < 4.78 is 43.0. The highest BCUT2D eigenvalue weighted by atomic mass is 32.2. The third kappa shape index (κ3) is 4.59. The Kier molecular flexibility index (Phi) is 6.02. The van der Waals surface area contributed by atoms with Crippen molar-refractivity contribution in [2.75, 3.05) is 40.4 Å². The Bertz CT molecular complexity index is 749. The van der Waals surface area contributed by atoms with Crippen molar-refractivity contribution in [1.29, 1.82) is 0 Å². The van der Waals surface area contributed by atoms with Gasteiger partial charge in [-0.3, -0.25) is 0 Å². The van der Waals surface area contributed by atoms with Crippen LogP contribution in [-0.4, -0.2) is 69.7 Å². The highest BCUT2D eigenvalue weighted by Gasteiger charge is 2.33. The standard InChI is InChI=1S/C17H26N2O6S/c1-17(2,3)25-16(20)18-8-10-19(11-9-18)26(21,22)15-12-13(23-4)6-7-14(15)24-5/h6-7,12H,8-11H2,1-5H3. The number of nitrogens with zero attached hydrogens (tertiary/aromatic N) is 2. The van der Waals surface area contributed by atoms with E-state index in [1.54, 1.807) is 32.9 Å². The average molecular weight is 386 g/mol. The minimum absolute atomic E-state index is 0.0464. The normalized spacial score (nSPS) is 16.3. The Morgan fingerprint density at radius 1 is 1.04 bits per heavy atom. The van der Waals surface area contributed by atoms with Gasteiger partial charge in [-0.25, -0.2) is 13.2 Å². The van der Waals surface area contributed by atoms with Gasteiger partial charge in [0.15, 0.2) is 0 Å². The van der Waals surface area contributed by atoms with Crippen LogP contribution in [0.1, 0.15) is 20.8 Å². The predicted molar refractivity (Wildman–Crippen MR) is 96.1 cm³/mol. The molecule has 0 spiro atoms. The quantitative estimate of drug-likeness (QED) is 0.786. The van der Waals surface area contributed by atoms with Gasteiger partial charge in [0, 0.05) is 32.2 Å². The van der Waals surface area contributed by atoms with E-state index in [9.17, 15) is 13.2 Å². The summed E-state index contributed by atoms with van der Waals surface area (Å²) in [7, 11) is -0.884. The molecule has 1 aromatic carbocycles. The van der Waals surface area contributed by atoms with Crippen LogP contribution in [0, 0.1) is 0 Å². The molecule has 2 rings (SSSR count). The van der Waals surface area contributed by atoms with Gasteiger partial charge in [-0.05, 0) is 32.9 Å². The van der Waals surface area contributed by atoms with Crippen molar-refractivity contribution in [2.45, 2.75) is 31.3 Å². The number of carbonyl (C=O) groups is 1.